The van der Waals surface area contributed by atoms with Crippen LogP contribution in [0.4, 0.5) is 0 Å². The van der Waals surface area contributed by atoms with Gasteiger partial charge in [0.15, 0.2) is 11.5 Å². The molecule has 1 aliphatic heterocycles. The van der Waals surface area contributed by atoms with Crippen LogP contribution in [0.3, 0.4) is 0 Å². The Morgan fingerprint density at radius 1 is 1.39 bits per heavy atom. The second-order valence-corrected chi connectivity index (χ2v) is 4.09. The maximum absolute atomic E-state index is 10.3. The van der Waals surface area contributed by atoms with E-state index in [1.54, 1.807) is 18.3 Å². The molecule has 0 saturated carbocycles. The molecule has 2 aromatic rings. The summed E-state index contributed by atoms with van der Waals surface area (Å²) in [6.07, 6.45) is 2.79. The first-order valence-electron chi connectivity index (χ1n) is 5.88. The summed E-state index contributed by atoms with van der Waals surface area (Å²) in [6, 6.07) is 5.43. The summed E-state index contributed by atoms with van der Waals surface area (Å²) in [6.45, 7) is 3.02. The van der Waals surface area contributed by atoms with Gasteiger partial charge in [-0.05, 0) is 24.6 Å². The van der Waals surface area contributed by atoms with Crippen LogP contribution in [0.2, 0.25) is 0 Å². The summed E-state index contributed by atoms with van der Waals surface area (Å²) in [5.41, 5.74) is 0.750. The average molecular weight is 246 g/mol. The number of aryl methyl sites for hydroxylation is 1. The van der Waals surface area contributed by atoms with Gasteiger partial charge in [-0.2, -0.15) is 0 Å². The number of aliphatic hydroxyl groups excluding tert-OH is 1. The van der Waals surface area contributed by atoms with Gasteiger partial charge in [0, 0.05) is 18.9 Å². The molecule has 1 atom stereocenters. The first-order valence-corrected chi connectivity index (χ1v) is 5.88. The van der Waals surface area contributed by atoms with E-state index in [0.29, 0.717) is 17.3 Å². The summed E-state index contributed by atoms with van der Waals surface area (Å²) >= 11 is 0. The topological polar surface area (TPSA) is 56.5 Å². The lowest BCUT2D eigenvalue weighted by Gasteiger charge is -2.12. The van der Waals surface area contributed by atoms with Crippen LogP contribution >= 0.6 is 0 Å². The van der Waals surface area contributed by atoms with Crippen LogP contribution in [0.1, 0.15) is 24.4 Å². The van der Waals surface area contributed by atoms with Crippen molar-refractivity contribution >= 4 is 0 Å². The largest absolute Gasteiger partial charge is 0.454 e. The zero-order valence-electron chi connectivity index (χ0n) is 10.0. The van der Waals surface area contributed by atoms with Crippen molar-refractivity contribution in [2.75, 3.05) is 6.79 Å². The van der Waals surface area contributed by atoms with Gasteiger partial charge in [-0.3, -0.25) is 0 Å². The zero-order chi connectivity index (χ0) is 12.5. The molecule has 1 aromatic carbocycles. The number of aliphatic hydroxyl groups is 1. The summed E-state index contributed by atoms with van der Waals surface area (Å²) in [5, 5.41) is 10.3. The predicted octanol–water partition coefficient (Wildman–Crippen LogP) is 1.71. The fourth-order valence-electron chi connectivity index (χ4n) is 2.07. The maximum Gasteiger partial charge on any atom is 0.231 e. The first kappa shape index (κ1) is 11.1. The lowest BCUT2D eigenvalue weighted by Crippen LogP contribution is -2.08. The van der Waals surface area contributed by atoms with Crippen molar-refractivity contribution in [3.63, 3.8) is 0 Å². The van der Waals surface area contributed by atoms with Crippen molar-refractivity contribution in [3.05, 3.63) is 42.0 Å². The van der Waals surface area contributed by atoms with Crippen molar-refractivity contribution in [3.8, 4) is 11.5 Å². The molecule has 0 bridgehead atoms. The maximum atomic E-state index is 10.3. The minimum absolute atomic E-state index is 0.235. The third-order valence-corrected chi connectivity index (χ3v) is 3.05. The van der Waals surface area contributed by atoms with Crippen molar-refractivity contribution in [1.82, 2.24) is 9.55 Å². The number of rotatable bonds is 3. The molecule has 1 aromatic heterocycles. The van der Waals surface area contributed by atoms with Crippen molar-refractivity contribution in [1.29, 1.82) is 0 Å². The van der Waals surface area contributed by atoms with E-state index < -0.39 is 6.10 Å². The van der Waals surface area contributed by atoms with Gasteiger partial charge in [-0.15, -0.1) is 0 Å². The number of fused-ring (bicyclic) bond motifs is 1. The van der Waals surface area contributed by atoms with Crippen LogP contribution in [-0.2, 0) is 6.54 Å². The Kier molecular flexibility index (Phi) is 2.68. The van der Waals surface area contributed by atoms with Gasteiger partial charge in [0.05, 0.1) is 0 Å². The quantitative estimate of drug-likeness (QED) is 0.895. The number of ether oxygens (including phenoxy) is 2. The van der Waals surface area contributed by atoms with Gasteiger partial charge in [0.1, 0.15) is 11.9 Å². The van der Waals surface area contributed by atoms with Gasteiger partial charge >= 0.3 is 0 Å². The molecule has 5 nitrogen and oxygen atoms in total. The molecule has 94 valence electrons. The molecule has 0 fully saturated rings. The Balaban J connectivity index is 1.95. The Labute approximate surface area is 105 Å². The Bertz CT molecular complexity index is 565. The van der Waals surface area contributed by atoms with Crippen LogP contribution in [0.25, 0.3) is 0 Å². The average Bonchev–Trinajstić information content (AvgIpc) is 3.05. The van der Waals surface area contributed by atoms with Gasteiger partial charge in [0.25, 0.3) is 0 Å². The van der Waals surface area contributed by atoms with Crippen LogP contribution in [-0.4, -0.2) is 21.5 Å². The van der Waals surface area contributed by atoms with Crippen LogP contribution in [0, 0.1) is 0 Å². The fourth-order valence-corrected chi connectivity index (χ4v) is 2.07. The second-order valence-electron chi connectivity index (χ2n) is 4.09. The molecule has 0 amide bonds. The number of aromatic nitrogens is 2. The van der Waals surface area contributed by atoms with Crippen LogP contribution in [0.15, 0.2) is 30.6 Å². The molecule has 1 unspecified atom stereocenters. The molecule has 3 rings (SSSR count). The number of hydrogen-bond donors (Lipinski definition) is 1. The minimum atomic E-state index is -0.755. The smallest absolute Gasteiger partial charge is 0.231 e. The number of hydrogen-bond acceptors (Lipinski definition) is 4. The molecule has 1 N–H and O–H groups in total. The molecular weight excluding hydrogens is 232 g/mol. The third-order valence-electron chi connectivity index (χ3n) is 3.05. The molecule has 1 aliphatic rings. The van der Waals surface area contributed by atoms with Gasteiger partial charge in [-0.1, -0.05) is 6.07 Å². The fraction of sp³-hybridized carbons (Fsp3) is 0.308. The summed E-state index contributed by atoms with van der Waals surface area (Å²) in [4.78, 5) is 4.20. The van der Waals surface area contributed by atoms with E-state index in [4.69, 9.17) is 9.47 Å². The highest BCUT2D eigenvalue weighted by molar-refractivity contribution is 5.45. The number of benzene rings is 1. The van der Waals surface area contributed by atoms with E-state index in [1.165, 1.54) is 0 Å². The first-order chi connectivity index (χ1) is 8.79. The zero-order valence-corrected chi connectivity index (χ0v) is 10.0. The van der Waals surface area contributed by atoms with E-state index in [1.807, 2.05) is 23.8 Å². The predicted molar refractivity (Wildman–Crippen MR) is 64.5 cm³/mol. The summed E-state index contributed by atoms with van der Waals surface area (Å²) in [5.74, 6) is 2.02. The summed E-state index contributed by atoms with van der Waals surface area (Å²) in [7, 11) is 0. The molecule has 2 heterocycles. The van der Waals surface area contributed by atoms with Gasteiger partial charge in [0.2, 0.25) is 6.79 Å². The second kappa shape index (κ2) is 4.34. The summed E-state index contributed by atoms with van der Waals surface area (Å²) < 4.78 is 12.5. The molecule has 0 radical (unpaired) electrons. The normalized spacial score (nSPS) is 14.8. The molecule has 0 saturated heterocycles. The van der Waals surface area contributed by atoms with E-state index >= 15 is 0 Å². The molecule has 18 heavy (non-hydrogen) atoms. The molecule has 5 heteroatoms. The SMILES string of the molecule is CCn1ccnc1C(O)c1ccc2c(c1)OCO2. The molecule has 0 aliphatic carbocycles. The highest BCUT2D eigenvalue weighted by Gasteiger charge is 2.20. The Hall–Kier alpha value is -2.01. The van der Waals surface area contributed by atoms with Crippen LogP contribution in [0.5, 0.6) is 11.5 Å². The van der Waals surface area contributed by atoms with Crippen molar-refractivity contribution in [2.24, 2.45) is 0 Å². The molecule has 0 spiro atoms. The number of nitrogens with zero attached hydrogens (tertiary/aromatic N) is 2. The van der Waals surface area contributed by atoms with Gasteiger partial charge < -0.3 is 19.1 Å². The van der Waals surface area contributed by atoms with Crippen molar-refractivity contribution < 1.29 is 14.6 Å². The Morgan fingerprint density at radius 2 is 2.22 bits per heavy atom. The van der Waals surface area contributed by atoms with E-state index in [2.05, 4.69) is 4.98 Å². The van der Waals surface area contributed by atoms with Gasteiger partial charge in [-0.25, -0.2) is 4.98 Å². The monoisotopic (exact) mass is 246 g/mol. The van der Waals surface area contributed by atoms with E-state index in [0.717, 1.165) is 12.1 Å². The Morgan fingerprint density at radius 3 is 3.06 bits per heavy atom. The molecular formula is C13H14N2O3. The van der Waals surface area contributed by atoms with Crippen LogP contribution < -0.4 is 9.47 Å². The number of imidazole rings is 1. The van der Waals surface area contributed by atoms with Crippen molar-refractivity contribution in [2.45, 2.75) is 19.6 Å². The van der Waals surface area contributed by atoms with E-state index in [-0.39, 0.29) is 6.79 Å². The highest BCUT2D eigenvalue weighted by Crippen LogP contribution is 2.35. The highest BCUT2D eigenvalue weighted by atomic mass is 16.7. The lowest BCUT2D eigenvalue weighted by atomic mass is 10.1. The lowest BCUT2D eigenvalue weighted by molar-refractivity contribution is 0.173. The standard InChI is InChI=1S/C13H14N2O3/c1-2-15-6-5-14-13(15)12(16)9-3-4-10-11(7-9)18-8-17-10/h3-7,12,16H,2,8H2,1H3. The third kappa shape index (κ3) is 1.73. The van der Waals surface area contributed by atoms with E-state index in [9.17, 15) is 5.11 Å². The minimum Gasteiger partial charge on any atom is -0.454 e.